The molecular formula is C26H25F3N2O3. The van der Waals surface area contributed by atoms with E-state index in [1.165, 1.54) is 36.4 Å². The molecule has 1 unspecified atom stereocenters. The lowest BCUT2D eigenvalue weighted by Gasteiger charge is -2.31. The summed E-state index contributed by atoms with van der Waals surface area (Å²) < 4.78 is 40.1. The molecule has 0 aliphatic rings. The number of carbonyl (C=O) groups is 2. The van der Waals surface area contributed by atoms with Crippen LogP contribution in [-0.4, -0.2) is 34.8 Å². The van der Waals surface area contributed by atoms with Crippen LogP contribution in [0.5, 0.6) is 5.75 Å². The molecule has 5 nitrogen and oxygen atoms in total. The Hall–Kier alpha value is -3.81. The van der Waals surface area contributed by atoms with Gasteiger partial charge in [-0.25, -0.2) is 13.2 Å². The number of phenolic OH excluding ortho intramolecular Hbond substituents is 1. The molecule has 0 aliphatic carbocycles. The first-order valence-corrected chi connectivity index (χ1v) is 10.8. The van der Waals surface area contributed by atoms with Gasteiger partial charge >= 0.3 is 0 Å². The highest BCUT2D eigenvalue weighted by Gasteiger charge is 2.32. The Morgan fingerprint density at radius 3 is 2.12 bits per heavy atom. The Balaban J connectivity index is 1.81. The number of nitrogens with one attached hydrogen (secondary N) is 1. The fourth-order valence-corrected chi connectivity index (χ4v) is 3.55. The molecule has 3 aromatic carbocycles. The van der Waals surface area contributed by atoms with Gasteiger partial charge in [-0.3, -0.25) is 9.59 Å². The number of hydrogen-bond donors (Lipinski definition) is 2. The van der Waals surface area contributed by atoms with Gasteiger partial charge in [-0.15, -0.1) is 0 Å². The van der Waals surface area contributed by atoms with E-state index in [1.54, 1.807) is 42.5 Å². The van der Waals surface area contributed by atoms with Gasteiger partial charge in [0.2, 0.25) is 11.8 Å². The number of rotatable bonds is 10. The van der Waals surface area contributed by atoms with E-state index >= 15 is 0 Å². The number of carbonyl (C=O) groups excluding carboxylic acids is 2. The second-order valence-electron chi connectivity index (χ2n) is 7.76. The third-order valence-electron chi connectivity index (χ3n) is 5.27. The number of benzene rings is 3. The first kappa shape index (κ1) is 24.8. The van der Waals surface area contributed by atoms with Crippen LogP contribution in [0.3, 0.4) is 0 Å². The number of alkyl halides is 2. The van der Waals surface area contributed by atoms with E-state index < -0.39 is 36.6 Å². The lowest BCUT2D eigenvalue weighted by atomic mass is 10.0. The highest BCUT2D eigenvalue weighted by atomic mass is 19.3. The van der Waals surface area contributed by atoms with Crippen molar-refractivity contribution in [2.45, 2.75) is 31.9 Å². The summed E-state index contributed by atoms with van der Waals surface area (Å²) in [5.41, 5.74) is 1.78. The number of halogens is 3. The first-order valence-electron chi connectivity index (χ1n) is 10.8. The second kappa shape index (κ2) is 11.9. The first-order chi connectivity index (χ1) is 16.3. The molecule has 34 heavy (non-hydrogen) atoms. The number of phenols is 1. The minimum atomic E-state index is -2.84. The van der Waals surface area contributed by atoms with Crippen molar-refractivity contribution in [3.05, 3.63) is 101 Å². The topological polar surface area (TPSA) is 69.6 Å². The van der Waals surface area contributed by atoms with Gasteiger partial charge in [0.1, 0.15) is 17.6 Å². The summed E-state index contributed by atoms with van der Waals surface area (Å²) in [4.78, 5) is 27.1. The van der Waals surface area contributed by atoms with Crippen LogP contribution < -0.4 is 5.32 Å². The molecule has 0 heterocycles. The lowest BCUT2D eigenvalue weighted by molar-refractivity contribution is -0.143. The molecule has 1 atom stereocenters. The third-order valence-corrected chi connectivity index (χ3v) is 5.27. The lowest BCUT2D eigenvalue weighted by Crippen LogP contribution is -2.45. The number of hydrogen-bond acceptors (Lipinski definition) is 3. The van der Waals surface area contributed by atoms with Gasteiger partial charge < -0.3 is 15.3 Å². The molecule has 0 aliphatic heterocycles. The zero-order valence-corrected chi connectivity index (χ0v) is 18.3. The highest BCUT2D eigenvalue weighted by molar-refractivity contribution is 5.88. The van der Waals surface area contributed by atoms with Crippen molar-refractivity contribution in [2.24, 2.45) is 0 Å². The standard InChI is InChI=1S/C26H25F3N2O3/c27-21-11-6-19(7-12-21)16-30-26(34)25(20-4-2-1-3-5-20)31(17-23(28)29)24(33)15-10-18-8-13-22(32)14-9-18/h1-9,11-14,23,25,32H,10,15-17H2,(H,30,34). The van der Waals surface area contributed by atoms with Crippen LogP contribution in [0, 0.1) is 5.82 Å². The summed E-state index contributed by atoms with van der Waals surface area (Å²) in [5.74, 6) is -1.55. The maximum absolute atomic E-state index is 13.5. The smallest absolute Gasteiger partial charge is 0.255 e. The molecule has 0 spiro atoms. The van der Waals surface area contributed by atoms with Crippen LogP contribution in [0.15, 0.2) is 78.9 Å². The molecule has 0 bridgehead atoms. The molecule has 0 saturated carbocycles. The van der Waals surface area contributed by atoms with Gasteiger partial charge in [-0.05, 0) is 47.4 Å². The molecule has 2 N–H and O–H groups in total. The Bertz CT molecular complexity index is 1070. The molecule has 0 radical (unpaired) electrons. The zero-order valence-electron chi connectivity index (χ0n) is 18.3. The van der Waals surface area contributed by atoms with E-state index in [0.717, 1.165) is 10.5 Å². The van der Waals surface area contributed by atoms with E-state index in [4.69, 9.17) is 0 Å². The predicted molar refractivity (Wildman–Crippen MR) is 122 cm³/mol. The summed E-state index contributed by atoms with van der Waals surface area (Å²) in [7, 11) is 0. The van der Waals surface area contributed by atoms with Crippen LogP contribution in [0.1, 0.15) is 29.2 Å². The summed E-state index contributed by atoms with van der Waals surface area (Å²) in [5, 5.41) is 12.1. The van der Waals surface area contributed by atoms with Crippen molar-refractivity contribution < 1.29 is 27.9 Å². The Kier molecular flexibility index (Phi) is 8.67. The molecule has 0 fully saturated rings. The van der Waals surface area contributed by atoms with Gasteiger partial charge in [-0.2, -0.15) is 0 Å². The van der Waals surface area contributed by atoms with Gasteiger partial charge in [0.15, 0.2) is 0 Å². The average molecular weight is 470 g/mol. The largest absolute Gasteiger partial charge is 0.508 e. The maximum Gasteiger partial charge on any atom is 0.255 e. The summed E-state index contributed by atoms with van der Waals surface area (Å²) in [6.07, 6.45) is -2.67. The van der Waals surface area contributed by atoms with Crippen molar-refractivity contribution in [3.63, 3.8) is 0 Å². The monoisotopic (exact) mass is 470 g/mol. The summed E-state index contributed by atoms with van der Waals surface area (Å²) in [6, 6.07) is 18.8. The number of aryl methyl sites for hydroxylation is 1. The Morgan fingerprint density at radius 1 is 0.882 bits per heavy atom. The van der Waals surface area contributed by atoms with Crippen LogP contribution in [0.25, 0.3) is 0 Å². The molecule has 178 valence electrons. The van der Waals surface area contributed by atoms with E-state index in [9.17, 15) is 27.9 Å². The normalized spacial score (nSPS) is 11.8. The van der Waals surface area contributed by atoms with Gasteiger partial charge in [-0.1, -0.05) is 54.6 Å². The van der Waals surface area contributed by atoms with Crippen LogP contribution in [0.2, 0.25) is 0 Å². The molecule has 8 heteroatoms. The zero-order chi connectivity index (χ0) is 24.5. The van der Waals surface area contributed by atoms with Crippen molar-refractivity contribution in [1.29, 1.82) is 0 Å². The minimum Gasteiger partial charge on any atom is -0.508 e. The molecule has 3 aromatic rings. The van der Waals surface area contributed by atoms with E-state index in [0.29, 0.717) is 11.1 Å². The molecule has 3 rings (SSSR count). The maximum atomic E-state index is 13.5. The van der Waals surface area contributed by atoms with E-state index in [-0.39, 0.29) is 25.1 Å². The van der Waals surface area contributed by atoms with Gasteiger partial charge in [0, 0.05) is 13.0 Å². The number of aromatic hydroxyl groups is 1. The third kappa shape index (κ3) is 7.10. The fourth-order valence-electron chi connectivity index (χ4n) is 3.55. The number of nitrogens with zero attached hydrogens (tertiary/aromatic N) is 1. The Labute approximate surface area is 195 Å². The minimum absolute atomic E-state index is 0.0483. The predicted octanol–water partition coefficient (Wildman–Crippen LogP) is 4.62. The van der Waals surface area contributed by atoms with Crippen molar-refractivity contribution >= 4 is 11.8 Å². The van der Waals surface area contributed by atoms with Gasteiger partial charge in [0.05, 0.1) is 6.54 Å². The molecule has 0 aromatic heterocycles. The SMILES string of the molecule is O=C(NCc1ccc(F)cc1)C(c1ccccc1)N(CC(F)F)C(=O)CCc1ccc(O)cc1. The van der Waals surface area contributed by atoms with Crippen molar-refractivity contribution in [1.82, 2.24) is 10.2 Å². The van der Waals surface area contributed by atoms with Crippen molar-refractivity contribution in [3.8, 4) is 5.75 Å². The van der Waals surface area contributed by atoms with E-state index in [1.807, 2.05) is 0 Å². The second-order valence-corrected chi connectivity index (χ2v) is 7.76. The summed E-state index contributed by atoms with van der Waals surface area (Å²) >= 11 is 0. The average Bonchev–Trinajstić information content (AvgIpc) is 2.83. The quantitative estimate of drug-likeness (QED) is 0.455. The molecule has 0 saturated heterocycles. The van der Waals surface area contributed by atoms with Crippen molar-refractivity contribution in [2.75, 3.05) is 6.54 Å². The number of amides is 2. The fraction of sp³-hybridized carbons (Fsp3) is 0.231. The van der Waals surface area contributed by atoms with E-state index in [2.05, 4.69) is 5.32 Å². The molecular weight excluding hydrogens is 445 g/mol. The summed E-state index contributed by atoms with van der Waals surface area (Å²) in [6.45, 7) is -0.857. The van der Waals surface area contributed by atoms with Crippen LogP contribution >= 0.6 is 0 Å². The Morgan fingerprint density at radius 2 is 1.50 bits per heavy atom. The van der Waals surface area contributed by atoms with Crippen LogP contribution in [-0.2, 0) is 22.6 Å². The van der Waals surface area contributed by atoms with Gasteiger partial charge in [0.25, 0.3) is 6.43 Å². The molecule has 2 amide bonds. The highest BCUT2D eigenvalue weighted by Crippen LogP contribution is 2.24. The van der Waals surface area contributed by atoms with Crippen LogP contribution in [0.4, 0.5) is 13.2 Å².